The highest BCUT2D eigenvalue weighted by atomic mass is 35.5. The van der Waals surface area contributed by atoms with Crippen molar-refractivity contribution >= 4 is 44.5 Å². The maximum Gasteiger partial charge on any atom is 0.253 e. The van der Waals surface area contributed by atoms with E-state index in [9.17, 15) is 9.59 Å². The molecule has 2 aromatic carbocycles. The fourth-order valence-corrected chi connectivity index (χ4v) is 2.12. The summed E-state index contributed by atoms with van der Waals surface area (Å²) in [7, 11) is 0. The van der Waals surface area contributed by atoms with Crippen LogP contribution in [0.1, 0.15) is 26.3 Å². The molecule has 18 heavy (non-hydrogen) atoms. The Bertz CT molecular complexity index is 712. The Morgan fingerprint density at radius 1 is 1.00 bits per heavy atom. The molecule has 0 bridgehead atoms. The second-order valence-corrected chi connectivity index (χ2v) is 4.30. The van der Waals surface area contributed by atoms with Gasteiger partial charge < -0.3 is 0 Å². The van der Waals surface area contributed by atoms with Gasteiger partial charge >= 0.3 is 0 Å². The van der Waals surface area contributed by atoms with Gasteiger partial charge in [-0.15, -0.1) is 6.42 Å². The molecule has 0 N–H and O–H groups in total. The van der Waals surface area contributed by atoms with Gasteiger partial charge in [-0.2, -0.15) is 0 Å². The van der Waals surface area contributed by atoms with E-state index >= 15 is 0 Å². The number of fused-ring (bicyclic) bond motifs is 1. The van der Waals surface area contributed by atoms with Gasteiger partial charge in [0.05, 0.1) is 0 Å². The first-order valence-corrected chi connectivity index (χ1v) is 5.73. The number of carbonyl (C=O) groups is 2. The average Bonchev–Trinajstić information content (AvgIpc) is 2.36. The highest BCUT2D eigenvalue weighted by Crippen LogP contribution is 2.26. The molecule has 0 amide bonds. The van der Waals surface area contributed by atoms with Crippen LogP contribution >= 0.6 is 23.2 Å². The first kappa shape index (κ1) is 12.6. The highest BCUT2D eigenvalue weighted by Gasteiger charge is 2.14. The third kappa shape index (κ3) is 2.11. The molecule has 0 aliphatic heterocycles. The van der Waals surface area contributed by atoms with Gasteiger partial charge in [0.1, 0.15) is 0 Å². The van der Waals surface area contributed by atoms with Gasteiger partial charge in [0, 0.05) is 16.7 Å². The second kappa shape index (κ2) is 4.81. The molecule has 0 aromatic heterocycles. The predicted molar refractivity (Wildman–Crippen MR) is 72.3 cm³/mol. The number of halogens is 2. The van der Waals surface area contributed by atoms with Crippen LogP contribution in [0.2, 0.25) is 0 Å². The minimum absolute atomic E-state index is 0.266. The topological polar surface area (TPSA) is 34.1 Å². The average molecular weight is 277 g/mol. The Balaban J connectivity index is 2.96. The van der Waals surface area contributed by atoms with E-state index in [2.05, 4.69) is 5.92 Å². The van der Waals surface area contributed by atoms with E-state index in [1.54, 1.807) is 24.3 Å². The third-order valence-electron chi connectivity index (χ3n) is 2.59. The summed E-state index contributed by atoms with van der Waals surface area (Å²) in [5.41, 5.74) is 1.03. The van der Waals surface area contributed by atoms with Crippen LogP contribution in [0.3, 0.4) is 0 Å². The summed E-state index contributed by atoms with van der Waals surface area (Å²) >= 11 is 11.0. The molecule has 4 heteroatoms. The molecule has 0 unspecified atom stereocenters. The smallest absolute Gasteiger partial charge is 0.253 e. The lowest BCUT2D eigenvalue weighted by Gasteiger charge is -2.07. The number of benzene rings is 2. The summed E-state index contributed by atoms with van der Waals surface area (Å²) in [6, 6.07) is 8.04. The molecule has 2 rings (SSSR count). The van der Waals surface area contributed by atoms with Crippen LogP contribution in [0.25, 0.3) is 10.8 Å². The molecule has 0 spiro atoms. The molecule has 0 radical (unpaired) electrons. The number of rotatable bonds is 2. The van der Waals surface area contributed by atoms with Crippen molar-refractivity contribution in [2.24, 2.45) is 0 Å². The molecule has 0 aliphatic rings. The summed E-state index contributed by atoms with van der Waals surface area (Å²) < 4.78 is 0. The van der Waals surface area contributed by atoms with Crippen molar-refractivity contribution in [1.29, 1.82) is 0 Å². The van der Waals surface area contributed by atoms with Crippen molar-refractivity contribution in [3.63, 3.8) is 0 Å². The van der Waals surface area contributed by atoms with Crippen LogP contribution < -0.4 is 0 Å². The van der Waals surface area contributed by atoms with Gasteiger partial charge in [-0.05, 0) is 52.2 Å². The van der Waals surface area contributed by atoms with E-state index in [1.807, 2.05) is 0 Å². The Morgan fingerprint density at radius 3 is 2.22 bits per heavy atom. The fraction of sp³-hybridized carbons (Fsp3) is 0. The van der Waals surface area contributed by atoms with Crippen LogP contribution in [0.15, 0.2) is 30.3 Å². The maximum atomic E-state index is 11.4. The Hall–Kier alpha value is -1.82. The van der Waals surface area contributed by atoms with Gasteiger partial charge in [0.2, 0.25) is 0 Å². The van der Waals surface area contributed by atoms with Crippen LogP contribution in [-0.4, -0.2) is 10.5 Å². The first-order chi connectivity index (χ1) is 8.54. The SMILES string of the molecule is C#Cc1cc(C(=O)Cl)c2cccc(C(=O)Cl)c2c1. The van der Waals surface area contributed by atoms with Gasteiger partial charge in [-0.25, -0.2) is 0 Å². The van der Waals surface area contributed by atoms with Gasteiger partial charge in [-0.1, -0.05) is 18.1 Å². The van der Waals surface area contributed by atoms with Crippen molar-refractivity contribution in [3.05, 3.63) is 47.0 Å². The number of hydrogen-bond donors (Lipinski definition) is 0. The molecule has 0 atom stereocenters. The summed E-state index contributed by atoms with van der Waals surface area (Å²) in [6.45, 7) is 0. The van der Waals surface area contributed by atoms with Crippen molar-refractivity contribution in [1.82, 2.24) is 0 Å². The van der Waals surface area contributed by atoms with E-state index in [1.165, 1.54) is 6.07 Å². The number of carbonyl (C=O) groups excluding carboxylic acids is 2. The molecule has 88 valence electrons. The number of terminal acetylenes is 1. The zero-order valence-corrected chi connectivity index (χ0v) is 10.5. The molecule has 0 saturated carbocycles. The number of hydrogen-bond acceptors (Lipinski definition) is 2. The van der Waals surface area contributed by atoms with E-state index in [4.69, 9.17) is 29.6 Å². The largest absolute Gasteiger partial charge is 0.276 e. The lowest BCUT2D eigenvalue weighted by atomic mass is 9.98. The predicted octanol–water partition coefficient (Wildman–Crippen LogP) is 3.58. The molecule has 0 fully saturated rings. The minimum atomic E-state index is -0.628. The van der Waals surface area contributed by atoms with Crippen molar-refractivity contribution in [3.8, 4) is 12.3 Å². The standard InChI is InChI=1S/C14H6Cl2O2/c1-2-8-6-11-9(12(7-8)14(16)18)4-3-5-10(11)13(15)17/h1,3-7H. The summed E-state index contributed by atoms with van der Waals surface area (Å²) in [5.74, 6) is 2.42. The van der Waals surface area contributed by atoms with Crippen LogP contribution in [0.5, 0.6) is 0 Å². The molecule has 0 saturated heterocycles. The molecule has 0 heterocycles. The second-order valence-electron chi connectivity index (χ2n) is 3.62. The zero-order valence-electron chi connectivity index (χ0n) is 9.04. The molecule has 0 aliphatic carbocycles. The Morgan fingerprint density at radius 2 is 1.67 bits per heavy atom. The molecule has 2 aromatic rings. The van der Waals surface area contributed by atoms with Crippen molar-refractivity contribution in [2.45, 2.75) is 0 Å². The van der Waals surface area contributed by atoms with Crippen LogP contribution in [-0.2, 0) is 0 Å². The normalized spacial score (nSPS) is 10.1. The highest BCUT2D eigenvalue weighted by molar-refractivity contribution is 6.69. The maximum absolute atomic E-state index is 11.4. The van der Waals surface area contributed by atoms with Crippen LogP contribution in [0, 0.1) is 12.3 Å². The van der Waals surface area contributed by atoms with Gasteiger partial charge in [0.25, 0.3) is 10.5 Å². The quantitative estimate of drug-likeness (QED) is 0.621. The fourth-order valence-electron chi connectivity index (χ4n) is 1.80. The summed E-state index contributed by atoms with van der Waals surface area (Å²) in [6.07, 6.45) is 5.31. The zero-order chi connectivity index (χ0) is 13.3. The van der Waals surface area contributed by atoms with E-state index < -0.39 is 10.5 Å². The Labute approximate surface area is 114 Å². The van der Waals surface area contributed by atoms with Gasteiger partial charge in [-0.3, -0.25) is 9.59 Å². The minimum Gasteiger partial charge on any atom is -0.276 e. The van der Waals surface area contributed by atoms with Crippen molar-refractivity contribution in [2.75, 3.05) is 0 Å². The van der Waals surface area contributed by atoms with E-state index in [0.717, 1.165) is 0 Å². The van der Waals surface area contributed by atoms with Gasteiger partial charge in [0.15, 0.2) is 0 Å². The first-order valence-electron chi connectivity index (χ1n) is 4.97. The molecular weight excluding hydrogens is 271 g/mol. The van der Waals surface area contributed by atoms with Crippen molar-refractivity contribution < 1.29 is 9.59 Å². The van der Waals surface area contributed by atoms with E-state index in [-0.39, 0.29) is 5.56 Å². The lowest BCUT2D eigenvalue weighted by molar-refractivity contribution is 0.107. The molecular formula is C14H6Cl2O2. The summed E-state index contributed by atoms with van der Waals surface area (Å²) in [5, 5.41) is -0.156. The van der Waals surface area contributed by atoms with Crippen LogP contribution in [0.4, 0.5) is 0 Å². The molecule has 2 nitrogen and oxygen atoms in total. The monoisotopic (exact) mass is 276 g/mol. The van der Waals surface area contributed by atoms with E-state index in [0.29, 0.717) is 21.9 Å². The Kier molecular flexibility index (Phi) is 3.38. The third-order valence-corrected chi connectivity index (χ3v) is 2.99. The lowest BCUT2D eigenvalue weighted by Crippen LogP contribution is -1.97. The summed E-state index contributed by atoms with van der Waals surface area (Å²) in [4.78, 5) is 22.7.